The van der Waals surface area contributed by atoms with Crippen LogP contribution in [-0.2, 0) is 6.42 Å². The molecule has 0 bridgehead atoms. The highest BCUT2D eigenvalue weighted by molar-refractivity contribution is 5.67. The number of nitrogens with two attached hydrogens (primary N) is 1. The van der Waals surface area contributed by atoms with Gasteiger partial charge in [-0.3, -0.25) is 0 Å². The van der Waals surface area contributed by atoms with E-state index in [1.807, 2.05) is 6.07 Å². The maximum Gasteiger partial charge on any atom is 0.00769 e. The summed E-state index contributed by atoms with van der Waals surface area (Å²) in [5.41, 5.74) is 9.97. The van der Waals surface area contributed by atoms with Crippen LogP contribution < -0.4 is 5.73 Å². The molecule has 0 spiro atoms. The van der Waals surface area contributed by atoms with Gasteiger partial charge in [0.2, 0.25) is 0 Å². The third-order valence-corrected chi connectivity index (χ3v) is 3.11. The normalized spacial score (nSPS) is 12.4. The summed E-state index contributed by atoms with van der Waals surface area (Å²) in [5.74, 6) is 0. The zero-order valence-electron chi connectivity index (χ0n) is 10.3. The second-order valence-corrected chi connectivity index (χ2v) is 4.40. The van der Waals surface area contributed by atoms with E-state index >= 15 is 0 Å². The van der Waals surface area contributed by atoms with Gasteiger partial charge in [0.05, 0.1) is 0 Å². The number of hydrogen-bond acceptors (Lipinski definition) is 1. The Morgan fingerprint density at radius 2 is 1.59 bits per heavy atom. The van der Waals surface area contributed by atoms with E-state index in [9.17, 15) is 0 Å². The van der Waals surface area contributed by atoms with Crippen molar-refractivity contribution in [2.45, 2.75) is 25.8 Å². The van der Waals surface area contributed by atoms with Gasteiger partial charge in [-0.05, 0) is 29.5 Å². The molecule has 2 N–H and O–H groups in total. The smallest absolute Gasteiger partial charge is 0.00769 e. The molecule has 0 aliphatic carbocycles. The number of benzene rings is 2. The van der Waals surface area contributed by atoms with Gasteiger partial charge < -0.3 is 5.73 Å². The Balaban J connectivity index is 2.34. The molecule has 0 fully saturated rings. The molecule has 0 aliphatic rings. The predicted molar refractivity (Wildman–Crippen MR) is 73.8 cm³/mol. The summed E-state index contributed by atoms with van der Waals surface area (Å²) in [4.78, 5) is 0. The van der Waals surface area contributed by atoms with Crippen LogP contribution in [0.2, 0.25) is 0 Å². The molecule has 0 radical (unpaired) electrons. The van der Waals surface area contributed by atoms with Gasteiger partial charge in [-0.25, -0.2) is 0 Å². The molecule has 0 heterocycles. The Hall–Kier alpha value is -1.60. The van der Waals surface area contributed by atoms with E-state index in [0.717, 1.165) is 12.8 Å². The molecule has 17 heavy (non-hydrogen) atoms. The predicted octanol–water partition coefficient (Wildman–Crippen LogP) is 3.63. The van der Waals surface area contributed by atoms with Gasteiger partial charge >= 0.3 is 0 Å². The van der Waals surface area contributed by atoms with Crippen LogP contribution in [0, 0.1) is 0 Å². The van der Waals surface area contributed by atoms with Crippen molar-refractivity contribution in [1.29, 1.82) is 0 Å². The Morgan fingerprint density at radius 3 is 2.29 bits per heavy atom. The van der Waals surface area contributed by atoms with E-state index in [4.69, 9.17) is 5.73 Å². The largest absolute Gasteiger partial charge is 0.327 e. The lowest BCUT2D eigenvalue weighted by Gasteiger charge is -2.13. The van der Waals surface area contributed by atoms with E-state index in [-0.39, 0.29) is 6.04 Å². The molecule has 1 atom stereocenters. The molecule has 0 aliphatic heterocycles. The van der Waals surface area contributed by atoms with Crippen molar-refractivity contribution in [3.63, 3.8) is 0 Å². The van der Waals surface area contributed by atoms with Crippen molar-refractivity contribution in [3.05, 3.63) is 60.2 Å². The molecule has 0 amide bonds. The quantitative estimate of drug-likeness (QED) is 0.844. The van der Waals surface area contributed by atoms with Crippen molar-refractivity contribution in [1.82, 2.24) is 0 Å². The minimum absolute atomic E-state index is 0.250. The van der Waals surface area contributed by atoms with Gasteiger partial charge in [0, 0.05) is 6.04 Å². The van der Waals surface area contributed by atoms with Gasteiger partial charge in [-0.15, -0.1) is 0 Å². The summed E-state index contributed by atoms with van der Waals surface area (Å²) in [6.45, 7) is 2.13. The lowest BCUT2D eigenvalue weighted by Crippen LogP contribution is -2.21. The molecule has 0 saturated heterocycles. The Labute approximate surface area is 103 Å². The van der Waals surface area contributed by atoms with Crippen molar-refractivity contribution < 1.29 is 0 Å². The summed E-state index contributed by atoms with van der Waals surface area (Å²) in [6.07, 6.45) is 1.96. The van der Waals surface area contributed by atoms with Gasteiger partial charge in [0.15, 0.2) is 0 Å². The van der Waals surface area contributed by atoms with Crippen molar-refractivity contribution in [3.8, 4) is 11.1 Å². The third-order valence-electron chi connectivity index (χ3n) is 3.11. The highest BCUT2D eigenvalue weighted by atomic mass is 14.6. The topological polar surface area (TPSA) is 26.0 Å². The zero-order valence-corrected chi connectivity index (χ0v) is 10.3. The molecule has 2 aromatic carbocycles. The molecule has 1 nitrogen and oxygen atoms in total. The zero-order chi connectivity index (χ0) is 12.1. The fraction of sp³-hybridized carbons (Fsp3) is 0.250. The van der Waals surface area contributed by atoms with Crippen molar-refractivity contribution in [2.24, 2.45) is 5.73 Å². The minimum Gasteiger partial charge on any atom is -0.327 e. The van der Waals surface area contributed by atoms with E-state index in [2.05, 4.69) is 55.5 Å². The standard InChI is InChI=1S/C16H19N/c1-2-15(17)12-14-10-6-7-11-16(14)13-8-4-3-5-9-13/h3-11,15H,2,12,17H2,1H3. The highest BCUT2D eigenvalue weighted by Gasteiger charge is 2.07. The van der Waals surface area contributed by atoms with E-state index in [1.54, 1.807) is 0 Å². The lowest BCUT2D eigenvalue weighted by atomic mass is 9.95. The Kier molecular flexibility index (Phi) is 3.94. The SMILES string of the molecule is CCC(N)Cc1ccccc1-c1ccccc1. The van der Waals surface area contributed by atoms with Crippen molar-refractivity contribution in [2.75, 3.05) is 0 Å². The van der Waals surface area contributed by atoms with Crippen LogP contribution in [0.25, 0.3) is 11.1 Å². The molecule has 0 saturated carbocycles. The minimum atomic E-state index is 0.250. The first-order valence-corrected chi connectivity index (χ1v) is 6.20. The van der Waals surface area contributed by atoms with E-state index < -0.39 is 0 Å². The Morgan fingerprint density at radius 1 is 0.941 bits per heavy atom. The first-order chi connectivity index (χ1) is 8.31. The van der Waals surface area contributed by atoms with Crippen LogP contribution >= 0.6 is 0 Å². The van der Waals surface area contributed by atoms with E-state index in [0.29, 0.717) is 0 Å². The van der Waals surface area contributed by atoms with Gasteiger partial charge in [-0.2, -0.15) is 0 Å². The van der Waals surface area contributed by atoms with Crippen LogP contribution in [-0.4, -0.2) is 6.04 Å². The van der Waals surface area contributed by atoms with Crippen molar-refractivity contribution >= 4 is 0 Å². The van der Waals surface area contributed by atoms with Crippen LogP contribution in [0.15, 0.2) is 54.6 Å². The number of hydrogen-bond donors (Lipinski definition) is 1. The summed E-state index contributed by atoms with van der Waals surface area (Å²) in [5, 5.41) is 0. The van der Waals surface area contributed by atoms with Gasteiger partial charge in [0.25, 0.3) is 0 Å². The molecule has 1 unspecified atom stereocenters. The summed E-state index contributed by atoms with van der Waals surface area (Å²) in [6, 6.07) is 19.3. The summed E-state index contributed by atoms with van der Waals surface area (Å²) < 4.78 is 0. The monoisotopic (exact) mass is 225 g/mol. The molecule has 2 aromatic rings. The maximum atomic E-state index is 6.05. The fourth-order valence-corrected chi connectivity index (χ4v) is 2.02. The second kappa shape index (κ2) is 5.65. The van der Waals surface area contributed by atoms with Crippen LogP contribution in [0.1, 0.15) is 18.9 Å². The van der Waals surface area contributed by atoms with Crippen LogP contribution in [0.4, 0.5) is 0 Å². The average molecular weight is 225 g/mol. The second-order valence-electron chi connectivity index (χ2n) is 4.40. The summed E-state index contributed by atoms with van der Waals surface area (Å²) in [7, 11) is 0. The molecule has 1 heteroatoms. The van der Waals surface area contributed by atoms with Gasteiger partial charge in [0.1, 0.15) is 0 Å². The molecular formula is C16H19N. The molecule has 88 valence electrons. The molecule has 2 rings (SSSR count). The third kappa shape index (κ3) is 2.95. The first-order valence-electron chi connectivity index (χ1n) is 6.20. The average Bonchev–Trinajstić information content (AvgIpc) is 2.40. The van der Waals surface area contributed by atoms with Crippen LogP contribution in [0.3, 0.4) is 0 Å². The fourth-order valence-electron chi connectivity index (χ4n) is 2.02. The summed E-state index contributed by atoms with van der Waals surface area (Å²) >= 11 is 0. The van der Waals surface area contributed by atoms with E-state index in [1.165, 1.54) is 16.7 Å². The lowest BCUT2D eigenvalue weighted by molar-refractivity contribution is 0.647. The maximum absolute atomic E-state index is 6.05. The highest BCUT2D eigenvalue weighted by Crippen LogP contribution is 2.24. The number of rotatable bonds is 4. The molecular weight excluding hydrogens is 206 g/mol. The Bertz CT molecular complexity index is 462. The van der Waals surface area contributed by atoms with Crippen LogP contribution in [0.5, 0.6) is 0 Å². The van der Waals surface area contributed by atoms with Gasteiger partial charge in [-0.1, -0.05) is 61.5 Å². The molecule has 0 aromatic heterocycles. The first kappa shape index (κ1) is 11.9.